The van der Waals surface area contributed by atoms with Gasteiger partial charge in [0.1, 0.15) is 11.2 Å². The van der Waals surface area contributed by atoms with Gasteiger partial charge in [-0.05, 0) is 163 Å². The molecule has 322 valence electrons. The minimum Gasteiger partial charge on any atom is -0.452 e. The van der Waals surface area contributed by atoms with E-state index in [2.05, 4.69) is 237 Å². The summed E-state index contributed by atoms with van der Waals surface area (Å²) in [5.41, 5.74) is 21.7. The number of benzene rings is 9. The molecule has 2 heteroatoms. The van der Waals surface area contributed by atoms with Crippen molar-refractivity contribution in [1.82, 2.24) is 0 Å². The molecule has 13 rings (SSSR count). The minimum atomic E-state index is 0.297. The van der Waals surface area contributed by atoms with E-state index in [4.69, 9.17) is 8.83 Å². The maximum atomic E-state index is 6.62. The number of hydrogen-bond donors (Lipinski definition) is 0. The molecule has 1 atom stereocenters. The van der Waals surface area contributed by atoms with Gasteiger partial charge in [0, 0.05) is 27.5 Å². The SMILES string of the molecule is C1=CC(c2cc(-c3ccccc3)cc(C3C=CC(c4ccc5oc6c(ccc7c8cc(-c9ccc(-c%10cc(-c%11ccccc%11)cc(-c%11ccccc%11)c%10)cc9)ccc8oc76)c5c4)=CC3)c2)=CCC1. The molecule has 2 nitrogen and oxygen atoms in total. The average Bonchev–Trinajstić information content (AvgIpc) is 4.00. The van der Waals surface area contributed by atoms with E-state index in [1.54, 1.807) is 0 Å². The second kappa shape index (κ2) is 16.8. The van der Waals surface area contributed by atoms with Crippen molar-refractivity contribution in [2.75, 3.05) is 0 Å². The zero-order chi connectivity index (χ0) is 45.0. The van der Waals surface area contributed by atoms with Crippen LogP contribution in [0.2, 0.25) is 0 Å². The largest absolute Gasteiger partial charge is 0.452 e. The van der Waals surface area contributed by atoms with Crippen molar-refractivity contribution in [2.45, 2.75) is 25.2 Å². The Morgan fingerprint density at radius 1 is 0.324 bits per heavy atom. The van der Waals surface area contributed by atoms with Crippen LogP contribution < -0.4 is 0 Å². The molecule has 2 aliphatic carbocycles. The lowest BCUT2D eigenvalue weighted by molar-refractivity contribution is 0.633. The van der Waals surface area contributed by atoms with Crippen molar-refractivity contribution < 1.29 is 8.83 Å². The van der Waals surface area contributed by atoms with Crippen LogP contribution in [0.15, 0.2) is 245 Å². The predicted molar refractivity (Wildman–Crippen MR) is 285 cm³/mol. The van der Waals surface area contributed by atoms with Crippen molar-refractivity contribution in [3.05, 3.63) is 253 Å². The molecule has 2 heterocycles. The fourth-order valence-electron chi connectivity index (χ4n) is 10.4. The third kappa shape index (κ3) is 7.32. The molecule has 0 amide bonds. The van der Waals surface area contributed by atoms with E-state index < -0.39 is 0 Å². The summed E-state index contributed by atoms with van der Waals surface area (Å²) < 4.78 is 13.2. The van der Waals surface area contributed by atoms with E-state index in [-0.39, 0.29) is 0 Å². The van der Waals surface area contributed by atoms with Crippen molar-refractivity contribution >= 4 is 55.0 Å². The fraction of sp³-hybridized carbons (Fsp3) is 0.0606. The van der Waals surface area contributed by atoms with Gasteiger partial charge in [-0.3, -0.25) is 0 Å². The molecule has 0 bridgehead atoms. The quantitative estimate of drug-likeness (QED) is 0.152. The van der Waals surface area contributed by atoms with Crippen molar-refractivity contribution in [1.29, 1.82) is 0 Å². The molecule has 2 aliphatic rings. The number of furan rings is 2. The Labute approximate surface area is 396 Å². The van der Waals surface area contributed by atoms with Crippen molar-refractivity contribution in [3.63, 3.8) is 0 Å². The summed E-state index contributed by atoms with van der Waals surface area (Å²) in [6.07, 6.45) is 17.2. The van der Waals surface area contributed by atoms with Gasteiger partial charge in [-0.15, -0.1) is 0 Å². The third-order valence-corrected chi connectivity index (χ3v) is 14.0. The van der Waals surface area contributed by atoms with Crippen LogP contribution in [0, 0.1) is 0 Å². The highest BCUT2D eigenvalue weighted by molar-refractivity contribution is 6.19. The van der Waals surface area contributed by atoms with Gasteiger partial charge >= 0.3 is 0 Å². The van der Waals surface area contributed by atoms with Crippen molar-refractivity contribution in [2.24, 2.45) is 0 Å². The highest BCUT2D eigenvalue weighted by atomic mass is 16.4. The zero-order valence-electron chi connectivity index (χ0n) is 37.5. The molecule has 0 aliphatic heterocycles. The van der Waals surface area contributed by atoms with Crippen LogP contribution >= 0.6 is 0 Å². The molecule has 9 aromatic carbocycles. The molecule has 0 saturated carbocycles. The van der Waals surface area contributed by atoms with Gasteiger partial charge in [-0.1, -0.05) is 176 Å². The summed E-state index contributed by atoms with van der Waals surface area (Å²) in [4.78, 5) is 0. The molecule has 0 radical (unpaired) electrons. The highest BCUT2D eigenvalue weighted by Gasteiger charge is 2.20. The van der Waals surface area contributed by atoms with Crippen LogP contribution in [0.4, 0.5) is 0 Å². The number of allylic oxidation sites excluding steroid dienone is 8. The van der Waals surface area contributed by atoms with Gasteiger partial charge in [-0.25, -0.2) is 0 Å². The molecule has 1 unspecified atom stereocenters. The van der Waals surface area contributed by atoms with Crippen LogP contribution in [0.5, 0.6) is 0 Å². The lowest BCUT2D eigenvalue weighted by Gasteiger charge is -2.20. The maximum Gasteiger partial charge on any atom is 0.178 e. The van der Waals surface area contributed by atoms with Gasteiger partial charge in [0.15, 0.2) is 11.2 Å². The van der Waals surface area contributed by atoms with E-state index in [0.29, 0.717) is 5.92 Å². The third-order valence-electron chi connectivity index (χ3n) is 14.0. The summed E-state index contributed by atoms with van der Waals surface area (Å²) in [6.45, 7) is 0. The highest BCUT2D eigenvalue weighted by Crippen LogP contribution is 2.42. The Morgan fingerprint density at radius 3 is 1.31 bits per heavy atom. The van der Waals surface area contributed by atoms with Crippen LogP contribution in [-0.4, -0.2) is 0 Å². The van der Waals surface area contributed by atoms with Crippen LogP contribution in [-0.2, 0) is 0 Å². The Bertz CT molecular complexity index is 3780. The number of fused-ring (bicyclic) bond motifs is 7. The first-order chi connectivity index (χ1) is 33.6. The molecular weight excluding hydrogens is 825 g/mol. The molecule has 0 saturated heterocycles. The topological polar surface area (TPSA) is 26.3 Å². The van der Waals surface area contributed by atoms with Crippen LogP contribution in [0.1, 0.15) is 41.9 Å². The van der Waals surface area contributed by atoms with Gasteiger partial charge in [0.25, 0.3) is 0 Å². The molecule has 68 heavy (non-hydrogen) atoms. The zero-order valence-corrected chi connectivity index (χ0v) is 37.5. The molecule has 0 spiro atoms. The summed E-state index contributed by atoms with van der Waals surface area (Å²) in [5.74, 6) is 0.297. The Hall–Kier alpha value is -8.46. The summed E-state index contributed by atoms with van der Waals surface area (Å²) in [6, 6.07) is 72.5. The molecule has 2 aromatic heterocycles. The van der Waals surface area contributed by atoms with Gasteiger partial charge in [-0.2, -0.15) is 0 Å². The van der Waals surface area contributed by atoms with E-state index in [1.807, 2.05) is 0 Å². The van der Waals surface area contributed by atoms with E-state index in [0.717, 1.165) is 74.3 Å². The van der Waals surface area contributed by atoms with Crippen molar-refractivity contribution in [3.8, 4) is 55.6 Å². The Kier molecular flexibility index (Phi) is 9.83. The summed E-state index contributed by atoms with van der Waals surface area (Å²) in [7, 11) is 0. The lowest BCUT2D eigenvalue weighted by Crippen LogP contribution is -2.01. The van der Waals surface area contributed by atoms with Crippen LogP contribution in [0.25, 0.3) is 111 Å². The molecule has 0 N–H and O–H groups in total. The summed E-state index contributed by atoms with van der Waals surface area (Å²) >= 11 is 0. The second-order valence-electron chi connectivity index (χ2n) is 18.3. The molecule has 0 fully saturated rings. The average molecular weight is 871 g/mol. The Morgan fingerprint density at radius 2 is 0.779 bits per heavy atom. The standard InChI is InChI=1S/C66H46O2/c1-5-13-43(14-6-1)53-35-54(44-15-7-2-8-16-44)38-57(37-53)49-25-21-47(22-26-49)51-29-33-63-61(41-51)59-31-32-60-62-42-52(30-34-64(62)68-66(60)65(59)67-63)48-23-27-50(28-24-48)58-39-55(45-17-9-3-10-18-45)36-56(40-58)46-19-11-4-12-20-46/h1-3,5-11,13-27,29-42,50H,4,12,28H2. The summed E-state index contributed by atoms with van der Waals surface area (Å²) in [5, 5.41) is 4.28. The van der Waals surface area contributed by atoms with E-state index in [1.165, 1.54) is 72.3 Å². The molecule has 11 aromatic rings. The fourth-order valence-corrected chi connectivity index (χ4v) is 10.4. The number of rotatable bonds is 8. The lowest BCUT2D eigenvalue weighted by atomic mass is 9.84. The van der Waals surface area contributed by atoms with E-state index >= 15 is 0 Å². The Balaban J connectivity index is 0.788. The maximum absolute atomic E-state index is 6.62. The first kappa shape index (κ1) is 39.9. The monoisotopic (exact) mass is 870 g/mol. The predicted octanol–water partition coefficient (Wildman–Crippen LogP) is 18.7. The normalized spacial score (nSPS) is 14.8. The van der Waals surface area contributed by atoms with E-state index in [9.17, 15) is 0 Å². The van der Waals surface area contributed by atoms with Gasteiger partial charge in [0.2, 0.25) is 0 Å². The second-order valence-corrected chi connectivity index (χ2v) is 18.3. The van der Waals surface area contributed by atoms with Crippen LogP contribution in [0.3, 0.4) is 0 Å². The first-order valence-electron chi connectivity index (χ1n) is 23.8. The number of hydrogen-bond acceptors (Lipinski definition) is 2. The molecular formula is C66H46O2. The minimum absolute atomic E-state index is 0.297. The first-order valence-corrected chi connectivity index (χ1v) is 23.8. The van der Waals surface area contributed by atoms with Gasteiger partial charge < -0.3 is 8.83 Å². The smallest absolute Gasteiger partial charge is 0.178 e. The van der Waals surface area contributed by atoms with Gasteiger partial charge in [0.05, 0.1) is 0 Å².